The van der Waals surface area contributed by atoms with E-state index in [1.54, 1.807) is 18.3 Å². The first-order valence-electron chi connectivity index (χ1n) is 9.07. The van der Waals surface area contributed by atoms with E-state index in [0.717, 1.165) is 35.5 Å². The summed E-state index contributed by atoms with van der Waals surface area (Å²) in [5.74, 6) is -0.944. The first kappa shape index (κ1) is 17.8. The molecular formula is C20H17ClFN3O2S. The van der Waals surface area contributed by atoms with E-state index in [-0.39, 0.29) is 27.8 Å². The average Bonchev–Trinajstić information content (AvgIpc) is 3.21. The van der Waals surface area contributed by atoms with Gasteiger partial charge in [-0.3, -0.25) is 4.79 Å². The second kappa shape index (κ2) is 6.40. The van der Waals surface area contributed by atoms with Gasteiger partial charge in [0.15, 0.2) is 0 Å². The van der Waals surface area contributed by atoms with Crippen LogP contribution in [-0.4, -0.2) is 45.5 Å². The van der Waals surface area contributed by atoms with Gasteiger partial charge in [0.05, 0.1) is 15.3 Å². The van der Waals surface area contributed by atoms with Crippen LogP contribution in [0.25, 0.3) is 21.2 Å². The molecule has 1 aliphatic heterocycles. The van der Waals surface area contributed by atoms with Crippen LogP contribution >= 0.6 is 23.1 Å². The van der Waals surface area contributed by atoms with Crippen molar-refractivity contribution in [2.24, 2.45) is 0 Å². The van der Waals surface area contributed by atoms with E-state index in [9.17, 15) is 14.3 Å². The summed E-state index contributed by atoms with van der Waals surface area (Å²) in [6.07, 6.45) is 3.84. The summed E-state index contributed by atoms with van der Waals surface area (Å²) in [6.45, 7) is 2.10. The molecule has 0 bridgehead atoms. The molecule has 5 nitrogen and oxygen atoms in total. The summed E-state index contributed by atoms with van der Waals surface area (Å²) in [5, 5.41) is 13.9. The molecule has 0 unspecified atom stereocenters. The molecule has 0 atom stereocenters. The predicted octanol–water partition coefficient (Wildman–Crippen LogP) is 4.04. The van der Waals surface area contributed by atoms with Crippen molar-refractivity contribution in [3.8, 4) is 16.9 Å². The third kappa shape index (κ3) is 2.94. The van der Waals surface area contributed by atoms with E-state index < -0.39 is 5.82 Å². The molecule has 144 valence electrons. The Kier molecular flexibility index (Phi) is 4.08. The second-order valence-electron chi connectivity index (χ2n) is 7.49. The smallest absolute Gasteiger partial charge is 0.255 e. The number of hydrogen-bond acceptors (Lipinski definition) is 5. The zero-order chi connectivity index (χ0) is 19.5. The fraction of sp³-hybridized carbons (Fsp3) is 0.300. The molecule has 1 aromatic heterocycles. The van der Waals surface area contributed by atoms with Gasteiger partial charge in [0.2, 0.25) is 0 Å². The Morgan fingerprint density at radius 3 is 2.89 bits per heavy atom. The molecule has 1 saturated heterocycles. The van der Waals surface area contributed by atoms with Crippen LogP contribution in [0.1, 0.15) is 23.2 Å². The van der Waals surface area contributed by atoms with Crippen LogP contribution in [0.3, 0.4) is 0 Å². The van der Waals surface area contributed by atoms with Crippen LogP contribution in [0.15, 0.2) is 30.5 Å². The lowest BCUT2D eigenvalue weighted by Crippen LogP contribution is -2.54. The number of hydrogen-bond donors (Lipinski definition) is 2. The van der Waals surface area contributed by atoms with E-state index in [4.69, 9.17) is 11.6 Å². The molecular weight excluding hydrogens is 401 g/mol. The molecule has 8 heteroatoms. The van der Waals surface area contributed by atoms with Crippen LogP contribution in [0.2, 0.25) is 5.02 Å². The number of benzene rings is 2. The summed E-state index contributed by atoms with van der Waals surface area (Å²) < 4.78 is 19.6. The number of aromatic hydroxyl groups is 1. The number of phenols is 1. The van der Waals surface area contributed by atoms with E-state index in [0.29, 0.717) is 24.2 Å². The minimum atomic E-state index is -0.634. The first-order valence-corrected chi connectivity index (χ1v) is 10.2. The highest BCUT2D eigenvalue weighted by Gasteiger charge is 2.46. The van der Waals surface area contributed by atoms with E-state index in [2.05, 4.69) is 9.69 Å². The SMILES string of the molecule is O=C(c1cc(-c2c(F)cc(O)cc2Cl)cc2cnsc12)N1CCNC2(CC2)C1. The number of piperazine rings is 1. The predicted molar refractivity (Wildman–Crippen MR) is 108 cm³/mol. The van der Waals surface area contributed by atoms with Crippen LogP contribution in [0, 0.1) is 5.82 Å². The number of rotatable bonds is 2. The maximum Gasteiger partial charge on any atom is 0.255 e. The Labute approximate surface area is 169 Å². The monoisotopic (exact) mass is 417 g/mol. The minimum Gasteiger partial charge on any atom is -0.508 e. The quantitative estimate of drug-likeness (QED) is 0.660. The number of fused-ring (bicyclic) bond motifs is 1. The van der Waals surface area contributed by atoms with Crippen molar-refractivity contribution in [3.05, 3.63) is 46.9 Å². The van der Waals surface area contributed by atoms with Crippen molar-refractivity contribution in [3.63, 3.8) is 0 Å². The maximum absolute atomic E-state index is 14.6. The number of nitrogens with one attached hydrogen (secondary N) is 1. The van der Waals surface area contributed by atoms with Gasteiger partial charge in [-0.15, -0.1) is 0 Å². The van der Waals surface area contributed by atoms with Gasteiger partial charge in [0, 0.05) is 48.4 Å². The van der Waals surface area contributed by atoms with Gasteiger partial charge in [-0.2, -0.15) is 4.37 Å². The standard InChI is InChI=1S/C20H17ClFN3O2S/c21-15-7-13(26)8-16(22)17(15)11-5-12-9-24-28-18(12)14(6-11)19(27)25-4-3-23-20(10-25)1-2-20/h5-9,23,26H,1-4,10H2. The van der Waals surface area contributed by atoms with Crippen molar-refractivity contribution in [2.45, 2.75) is 18.4 Å². The van der Waals surface area contributed by atoms with Crippen molar-refractivity contribution in [1.82, 2.24) is 14.6 Å². The summed E-state index contributed by atoms with van der Waals surface area (Å²) in [7, 11) is 0. The van der Waals surface area contributed by atoms with Gasteiger partial charge in [0.1, 0.15) is 11.6 Å². The fourth-order valence-corrected chi connectivity index (χ4v) is 4.95. The Morgan fingerprint density at radius 1 is 1.32 bits per heavy atom. The maximum atomic E-state index is 14.6. The van der Waals surface area contributed by atoms with Gasteiger partial charge in [0.25, 0.3) is 5.91 Å². The minimum absolute atomic E-state index is 0.0702. The average molecular weight is 418 g/mol. The molecule has 1 spiro atoms. The number of aromatic nitrogens is 1. The Balaban J connectivity index is 1.61. The fourth-order valence-electron chi connectivity index (χ4n) is 3.91. The van der Waals surface area contributed by atoms with Crippen molar-refractivity contribution in [2.75, 3.05) is 19.6 Å². The van der Waals surface area contributed by atoms with Gasteiger partial charge in [-0.25, -0.2) is 4.39 Å². The molecule has 2 fully saturated rings. The number of halogens is 2. The van der Waals surface area contributed by atoms with Gasteiger partial charge in [-0.05, 0) is 48.1 Å². The van der Waals surface area contributed by atoms with Crippen LogP contribution in [-0.2, 0) is 0 Å². The van der Waals surface area contributed by atoms with E-state index in [1.165, 1.54) is 17.6 Å². The van der Waals surface area contributed by atoms with Crippen molar-refractivity contribution in [1.29, 1.82) is 0 Å². The third-order valence-corrected chi connectivity index (χ3v) is 6.66. The number of carbonyl (C=O) groups is 1. The van der Waals surface area contributed by atoms with Crippen LogP contribution in [0.4, 0.5) is 4.39 Å². The summed E-state index contributed by atoms with van der Waals surface area (Å²) in [5.41, 5.74) is 1.25. The largest absolute Gasteiger partial charge is 0.508 e. The Hall–Kier alpha value is -2.22. The molecule has 2 heterocycles. The number of phenolic OH excluding ortho intramolecular Hbond substituents is 1. The molecule has 3 aromatic rings. The summed E-state index contributed by atoms with van der Waals surface area (Å²) in [4.78, 5) is 15.2. The van der Waals surface area contributed by atoms with Crippen molar-refractivity contribution >= 4 is 39.1 Å². The van der Waals surface area contributed by atoms with Crippen LogP contribution < -0.4 is 5.32 Å². The molecule has 1 amide bonds. The normalized spacial score (nSPS) is 18.0. The molecule has 2 aliphatic rings. The lowest BCUT2D eigenvalue weighted by atomic mass is 9.99. The second-order valence-corrected chi connectivity index (χ2v) is 8.70. The lowest BCUT2D eigenvalue weighted by molar-refractivity contribution is 0.0693. The highest BCUT2D eigenvalue weighted by molar-refractivity contribution is 7.13. The molecule has 5 rings (SSSR count). The highest BCUT2D eigenvalue weighted by Crippen LogP contribution is 2.40. The number of carbonyl (C=O) groups excluding carboxylic acids is 1. The van der Waals surface area contributed by atoms with E-state index >= 15 is 0 Å². The molecule has 28 heavy (non-hydrogen) atoms. The van der Waals surface area contributed by atoms with Gasteiger partial charge < -0.3 is 15.3 Å². The van der Waals surface area contributed by atoms with E-state index in [1.807, 2.05) is 4.90 Å². The first-order chi connectivity index (χ1) is 13.5. The molecule has 0 radical (unpaired) electrons. The zero-order valence-corrected chi connectivity index (χ0v) is 16.4. The summed E-state index contributed by atoms with van der Waals surface area (Å²) >= 11 is 7.46. The Bertz CT molecular complexity index is 1090. The zero-order valence-electron chi connectivity index (χ0n) is 14.8. The molecule has 2 N–H and O–H groups in total. The molecule has 1 aliphatic carbocycles. The van der Waals surface area contributed by atoms with Gasteiger partial charge >= 0.3 is 0 Å². The number of amides is 1. The Morgan fingerprint density at radius 2 is 2.14 bits per heavy atom. The molecule has 2 aromatic carbocycles. The highest BCUT2D eigenvalue weighted by atomic mass is 35.5. The van der Waals surface area contributed by atoms with Crippen LogP contribution in [0.5, 0.6) is 5.75 Å². The summed E-state index contributed by atoms with van der Waals surface area (Å²) in [6, 6.07) is 5.78. The number of nitrogens with zero attached hydrogens (tertiary/aromatic N) is 2. The van der Waals surface area contributed by atoms with Crippen molar-refractivity contribution < 1.29 is 14.3 Å². The molecule has 1 saturated carbocycles. The third-order valence-electron chi connectivity index (χ3n) is 5.52. The lowest BCUT2D eigenvalue weighted by Gasteiger charge is -2.34. The van der Waals surface area contributed by atoms with Gasteiger partial charge in [-0.1, -0.05) is 11.6 Å². The topological polar surface area (TPSA) is 65.5 Å².